The average molecular weight is 327 g/mol. The number of hydrogen-bond donors (Lipinski definition) is 1. The molecule has 1 aromatic carbocycles. The van der Waals surface area contributed by atoms with Gasteiger partial charge in [-0.3, -0.25) is 0 Å². The van der Waals surface area contributed by atoms with Crippen LogP contribution in [0.25, 0.3) is 0 Å². The summed E-state index contributed by atoms with van der Waals surface area (Å²) >= 11 is 3.57. The molecular weight excluding hydrogens is 304 g/mol. The zero-order chi connectivity index (χ0) is 13.7. The maximum absolute atomic E-state index is 6.29. The molecule has 2 unspecified atom stereocenters. The molecule has 1 fully saturated rings. The van der Waals surface area contributed by atoms with Gasteiger partial charge in [-0.15, -0.1) is 0 Å². The number of nitrogens with two attached hydrogens (primary N) is 1. The van der Waals surface area contributed by atoms with Crippen molar-refractivity contribution in [3.63, 3.8) is 0 Å². The van der Waals surface area contributed by atoms with E-state index in [-0.39, 0.29) is 6.04 Å². The summed E-state index contributed by atoms with van der Waals surface area (Å²) in [6.07, 6.45) is 3.79. The van der Waals surface area contributed by atoms with Crippen LogP contribution in [0.5, 0.6) is 0 Å². The van der Waals surface area contributed by atoms with Gasteiger partial charge >= 0.3 is 0 Å². The molecule has 0 bridgehead atoms. The third-order valence-electron chi connectivity index (χ3n) is 3.86. The van der Waals surface area contributed by atoms with E-state index >= 15 is 0 Å². The first kappa shape index (κ1) is 15.0. The van der Waals surface area contributed by atoms with Gasteiger partial charge in [-0.1, -0.05) is 34.1 Å². The third kappa shape index (κ3) is 4.28. The van der Waals surface area contributed by atoms with Gasteiger partial charge in [0.1, 0.15) is 0 Å². The lowest BCUT2D eigenvalue weighted by Crippen LogP contribution is -2.40. The maximum Gasteiger partial charge on any atom is 0.0698 e. The van der Waals surface area contributed by atoms with Crippen molar-refractivity contribution in [1.82, 2.24) is 4.90 Å². The molecule has 2 rings (SSSR count). The molecule has 106 valence electrons. The first-order chi connectivity index (χ1) is 9.20. The molecule has 19 heavy (non-hydrogen) atoms. The molecule has 1 saturated heterocycles. The van der Waals surface area contributed by atoms with Crippen LogP contribution in [0.2, 0.25) is 0 Å². The summed E-state index contributed by atoms with van der Waals surface area (Å²) in [5, 5.41) is 0. The molecule has 1 aromatic rings. The first-order valence-corrected chi connectivity index (χ1v) is 7.75. The minimum atomic E-state index is 0.0958. The SMILES string of the molecule is COC1CCCN(CCC(N)c2ccccc2Br)C1. The van der Waals surface area contributed by atoms with Crippen LogP contribution >= 0.6 is 15.9 Å². The van der Waals surface area contributed by atoms with E-state index in [1.165, 1.54) is 24.9 Å². The van der Waals surface area contributed by atoms with Gasteiger partial charge in [-0.05, 0) is 37.4 Å². The van der Waals surface area contributed by atoms with Crippen LogP contribution in [-0.2, 0) is 4.74 Å². The van der Waals surface area contributed by atoms with E-state index in [9.17, 15) is 0 Å². The fourth-order valence-corrected chi connectivity index (χ4v) is 3.24. The van der Waals surface area contributed by atoms with Crippen molar-refractivity contribution in [3.05, 3.63) is 34.3 Å². The molecule has 0 aliphatic carbocycles. The Morgan fingerprint density at radius 2 is 2.26 bits per heavy atom. The van der Waals surface area contributed by atoms with Crippen LogP contribution < -0.4 is 5.73 Å². The van der Waals surface area contributed by atoms with Gasteiger partial charge in [0.2, 0.25) is 0 Å². The Hall–Kier alpha value is -0.420. The van der Waals surface area contributed by atoms with Crippen LogP contribution in [0.4, 0.5) is 0 Å². The highest BCUT2D eigenvalue weighted by Gasteiger charge is 2.20. The molecule has 0 radical (unpaired) electrons. The Kier molecular flexibility index (Phi) is 5.82. The zero-order valence-corrected chi connectivity index (χ0v) is 13.1. The molecule has 0 spiro atoms. The van der Waals surface area contributed by atoms with E-state index < -0.39 is 0 Å². The summed E-state index contributed by atoms with van der Waals surface area (Å²) in [6.45, 7) is 3.25. The van der Waals surface area contributed by atoms with Crippen molar-refractivity contribution < 1.29 is 4.74 Å². The van der Waals surface area contributed by atoms with Crippen LogP contribution in [0, 0.1) is 0 Å². The number of rotatable bonds is 5. The second-order valence-corrected chi connectivity index (χ2v) is 6.07. The summed E-state index contributed by atoms with van der Waals surface area (Å²) in [5.41, 5.74) is 7.49. The maximum atomic E-state index is 6.29. The van der Waals surface area contributed by atoms with Crippen LogP contribution in [0.15, 0.2) is 28.7 Å². The van der Waals surface area contributed by atoms with Crippen molar-refractivity contribution in [2.45, 2.75) is 31.4 Å². The van der Waals surface area contributed by atoms with Gasteiger partial charge < -0.3 is 15.4 Å². The number of benzene rings is 1. The normalized spacial score (nSPS) is 22.4. The third-order valence-corrected chi connectivity index (χ3v) is 4.58. The number of ether oxygens (including phenoxy) is 1. The molecule has 1 aliphatic heterocycles. The standard InChI is InChI=1S/C15H23BrN2O/c1-19-12-5-4-9-18(11-12)10-8-15(17)13-6-2-3-7-14(13)16/h2-3,6-7,12,15H,4-5,8-11,17H2,1H3. The fourth-order valence-electron chi connectivity index (χ4n) is 2.66. The molecular formula is C15H23BrN2O. The molecule has 1 heterocycles. The minimum absolute atomic E-state index is 0.0958. The summed E-state index contributed by atoms with van der Waals surface area (Å²) in [4.78, 5) is 2.47. The van der Waals surface area contributed by atoms with Gasteiger partial charge in [0.05, 0.1) is 6.10 Å². The predicted octanol–water partition coefficient (Wildman–Crippen LogP) is 2.95. The predicted molar refractivity (Wildman–Crippen MR) is 82.2 cm³/mol. The quantitative estimate of drug-likeness (QED) is 0.904. The topological polar surface area (TPSA) is 38.5 Å². The van der Waals surface area contributed by atoms with Gasteiger partial charge in [-0.2, -0.15) is 0 Å². The lowest BCUT2D eigenvalue weighted by atomic mass is 10.0. The van der Waals surface area contributed by atoms with E-state index in [1.807, 2.05) is 12.1 Å². The Balaban J connectivity index is 1.83. The first-order valence-electron chi connectivity index (χ1n) is 6.96. The van der Waals surface area contributed by atoms with Crippen LogP contribution in [-0.4, -0.2) is 37.7 Å². The summed E-state index contributed by atoms with van der Waals surface area (Å²) in [5.74, 6) is 0. The molecule has 3 nitrogen and oxygen atoms in total. The smallest absolute Gasteiger partial charge is 0.0698 e. The van der Waals surface area contributed by atoms with Crippen molar-refractivity contribution in [2.24, 2.45) is 5.73 Å². The van der Waals surface area contributed by atoms with Gasteiger partial charge in [0.15, 0.2) is 0 Å². The molecule has 4 heteroatoms. The van der Waals surface area contributed by atoms with E-state index in [0.717, 1.165) is 24.0 Å². The Morgan fingerprint density at radius 1 is 1.47 bits per heavy atom. The molecule has 2 atom stereocenters. The van der Waals surface area contributed by atoms with Gasteiger partial charge in [-0.25, -0.2) is 0 Å². The van der Waals surface area contributed by atoms with Crippen molar-refractivity contribution >= 4 is 15.9 Å². The highest BCUT2D eigenvalue weighted by molar-refractivity contribution is 9.10. The summed E-state index contributed by atoms with van der Waals surface area (Å²) in [7, 11) is 1.81. The lowest BCUT2D eigenvalue weighted by Gasteiger charge is -2.32. The van der Waals surface area contributed by atoms with Crippen molar-refractivity contribution in [1.29, 1.82) is 0 Å². The number of halogens is 1. The fraction of sp³-hybridized carbons (Fsp3) is 0.600. The van der Waals surface area contributed by atoms with E-state index in [1.54, 1.807) is 7.11 Å². The number of hydrogen-bond acceptors (Lipinski definition) is 3. The number of methoxy groups -OCH3 is 1. The number of likely N-dealkylation sites (tertiary alicyclic amines) is 1. The molecule has 0 aromatic heterocycles. The summed E-state index contributed by atoms with van der Waals surface area (Å²) < 4.78 is 6.56. The summed E-state index contributed by atoms with van der Waals surface area (Å²) in [6, 6.07) is 8.31. The van der Waals surface area contributed by atoms with Crippen LogP contribution in [0.1, 0.15) is 30.9 Å². The molecule has 0 saturated carbocycles. The van der Waals surface area contributed by atoms with E-state index in [2.05, 4.69) is 33.0 Å². The van der Waals surface area contributed by atoms with Gasteiger partial charge in [0.25, 0.3) is 0 Å². The molecule has 2 N–H and O–H groups in total. The highest BCUT2D eigenvalue weighted by atomic mass is 79.9. The Morgan fingerprint density at radius 3 is 3.00 bits per heavy atom. The molecule has 1 aliphatic rings. The number of nitrogens with zero attached hydrogens (tertiary/aromatic N) is 1. The monoisotopic (exact) mass is 326 g/mol. The second kappa shape index (κ2) is 7.39. The zero-order valence-electron chi connectivity index (χ0n) is 11.5. The average Bonchev–Trinajstić information content (AvgIpc) is 2.45. The van der Waals surface area contributed by atoms with E-state index in [0.29, 0.717) is 6.10 Å². The largest absolute Gasteiger partial charge is 0.380 e. The molecule has 0 amide bonds. The van der Waals surface area contributed by atoms with Crippen LogP contribution in [0.3, 0.4) is 0 Å². The number of piperidine rings is 1. The second-order valence-electron chi connectivity index (χ2n) is 5.22. The van der Waals surface area contributed by atoms with E-state index in [4.69, 9.17) is 10.5 Å². The van der Waals surface area contributed by atoms with Crippen molar-refractivity contribution in [2.75, 3.05) is 26.7 Å². The Bertz CT molecular complexity index is 399. The van der Waals surface area contributed by atoms with Crippen molar-refractivity contribution in [3.8, 4) is 0 Å². The Labute approximate surface area is 124 Å². The lowest BCUT2D eigenvalue weighted by molar-refractivity contribution is 0.0305. The highest BCUT2D eigenvalue weighted by Crippen LogP contribution is 2.24. The minimum Gasteiger partial charge on any atom is -0.380 e. The van der Waals surface area contributed by atoms with Gasteiger partial charge in [0, 0.05) is 30.7 Å².